The second kappa shape index (κ2) is 11.3. The van der Waals surface area contributed by atoms with Crippen LogP contribution in [0.5, 0.6) is 5.75 Å². The number of aromatic hydroxyl groups is 1. The molecule has 0 unspecified atom stereocenters. The van der Waals surface area contributed by atoms with Crippen molar-refractivity contribution in [3.8, 4) is 28.1 Å². The molecule has 4 rings (SSSR count). The molecule has 0 fully saturated rings. The number of nitrogens with one attached hydrogen (secondary N) is 1. The number of carbonyl (C=O) groups is 1. The third kappa shape index (κ3) is 6.03. The largest absolute Gasteiger partial charge is 0.507 e. The highest BCUT2D eigenvalue weighted by atomic mass is 32.2. The molecule has 7 nitrogen and oxygen atoms in total. The normalized spacial score (nSPS) is 11.5. The van der Waals surface area contributed by atoms with Crippen LogP contribution in [0.4, 0.5) is 8.78 Å². The SMILES string of the molecule is O=C(NCCCCS(=O)(=O)c1ccc(-c2c(-c3ccccc3)noc2C(F)F)cc1)c1ccccc1O. The maximum atomic E-state index is 13.6. The number of amides is 1. The highest BCUT2D eigenvalue weighted by Crippen LogP contribution is 2.39. The van der Waals surface area contributed by atoms with Crippen molar-refractivity contribution < 1.29 is 31.6 Å². The van der Waals surface area contributed by atoms with Crippen molar-refractivity contribution in [2.45, 2.75) is 24.2 Å². The van der Waals surface area contributed by atoms with Gasteiger partial charge in [-0.25, -0.2) is 17.2 Å². The van der Waals surface area contributed by atoms with Gasteiger partial charge in [-0.1, -0.05) is 59.8 Å². The number of halogens is 2. The zero-order chi connectivity index (χ0) is 26.4. The molecule has 1 aromatic heterocycles. The number of hydrogen-bond donors (Lipinski definition) is 2. The minimum Gasteiger partial charge on any atom is -0.507 e. The summed E-state index contributed by atoms with van der Waals surface area (Å²) in [6.45, 7) is 0.244. The van der Waals surface area contributed by atoms with E-state index in [1.807, 2.05) is 0 Å². The molecule has 0 radical (unpaired) electrons. The number of aromatic nitrogens is 1. The molecule has 0 aliphatic rings. The molecular formula is C27H24F2N2O5S. The Hall–Kier alpha value is -4.05. The molecule has 10 heteroatoms. The summed E-state index contributed by atoms with van der Waals surface area (Å²) in [5.41, 5.74) is 1.47. The van der Waals surface area contributed by atoms with Gasteiger partial charge in [-0.05, 0) is 42.7 Å². The second-order valence-corrected chi connectivity index (χ2v) is 10.4. The first kappa shape index (κ1) is 26.0. The predicted octanol–water partition coefficient (Wildman–Crippen LogP) is 5.64. The van der Waals surface area contributed by atoms with Crippen LogP contribution in [0.2, 0.25) is 0 Å². The molecule has 192 valence electrons. The van der Waals surface area contributed by atoms with Crippen LogP contribution in [0.15, 0.2) is 88.3 Å². The Morgan fingerprint density at radius 1 is 0.919 bits per heavy atom. The van der Waals surface area contributed by atoms with Gasteiger partial charge in [0.2, 0.25) is 5.76 Å². The lowest BCUT2D eigenvalue weighted by Gasteiger charge is -2.09. The molecule has 0 aliphatic heterocycles. The first-order valence-corrected chi connectivity index (χ1v) is 13.2. The van der Waals surface area contributed by atoms with E-state index in [9.17, 15) is 27.1 Å². The summed E-state index contributed by atoms with van der Waals surface area (Å²) in [7, 11) is -3.63. The number of phenols is 1. The molecule has 0 atom stereocenters. The topological polar surface area (TPSA) is 110 Å². The quantitative estimate of drug-likeness (QED) is 0.259. The number of sulfone groups is 1. The highest BCUT2D eigenvalue weighted by Gasteiger charge is 2.26. The summed E-state index contributed by atoms with van der Waals surface area (Å²) in [6, 6.07) is 20.6. The van der Waals surface area contributed by atoms with Crippen LogP contribution < -0.4 is 5.32 Å². The van der Waals surface area contributed by atoms with Crippen molar-refractivity contribution in [2.24, 2.45) is 0 Å². The van der Waals surface area contributed by atoms with Crippen LogP contribution in [0.3, 0.4) is 0 Å². The number of para-hydroxylation sites is 1. The first-order chi connectivity index (χ1) is 17.8. The zero-order valence-corrected chi connectivity index (χ0v) is 20.4. The van der Waals surface area contributed by atoms with Gasteiger partial charge in [0.25, 0.3) is 12.3 Å². The van der Waals surface area contributed by atoms with Gasteiger partial charge in [0, 0.05) is 12.1 Å². The van der Waals surface area contributed by atoms with Crippen molar-refractivity contribution in [2.75, 3.05) is 12.3 Å². The summed E-state index contributed by atoms with van der Waals surface area (Å²) < 4.78 is 57.7. The molecule has 3 aromatic carbocycles. The van der Waals surface area contributed by atoms with Gasteiger partial charge < -0.3 is 14.9 Å². The molecule has 4 aromatic rings. The number of rotatable bonds is 10. The number of nitrogens with zero attached hydrogens (tertiary/aromatic N) is 1. The fourth-order valence-electron chi connectivity index (χ4n) is 3.85. The molecule has 1 heterocycles. The zero-order valence-electron chi connectivity index (χ0n) is 19.6. The van der Waals surface area contributed by atoms with Crippen molar-refractivity contribution in [1.82, 2.24) is 10.5 Å². The monoisotopic (exact) mass is 526 g/mol. The van der Waals surface area contributed by atoms with Gasteiger partial charge in [0.05, 0.1) is 21.8 Å². The lowest BCUT2D eigenvalue weighted by molar-refractivity contribution is 0.0950. The summed E-state index contributed by atoms with van der Waals surface area (Å²) >= 11 is 0. The van der Waals surface area contributed by atoms with E-state index in [0.29, 0.717) is 24.0 Å². The molecule has 1 amide bonds. The van der Waals surface area contributed by atoms with E-state index >= 15 is 0 Å². The maximum Gasteiger partial charge on any atom is 0.298 e. The Balaban J connectivity index is 1.41. The number of hydrogen-bond acceptors (Lipinski definition) is 6. The van der Waals surface area contributed by atoms with Crippen molar-refractivity contribution in [1.29, 1.82) is 0 Å². The minimum atomic E-state index is -3.63. The fraction of sp³-hybridized carbons (Fsp3) is 0.185. The Bertz CT molecular complexity index is 1470. The number of unbranched alkanes of at least 4 members (excludes halogenated alkanes) is 1. The van der Waals surface area contributed by atoms with E-state index in [-0.39, 0.29) is 39.8 Å². The minimum absolute atomic E-state index is 0.0609. The average molecular weight is 527 g/mol. The average Bonchev–Trinajstić information content (AvgIpc) is 3.35. The Morgan fingerprint density at radius 3 is 2.27 bits per heavy atom. The maximum absolute atomic E-state index is 13.6. The summed E-state index contributed by atoms with van der Waals surface area (Å²) in [5, 5.41) is 16.2. The summed E-state index contributed by atoms with van der Waals surface area (Å²) in [5.74, 6) is -1.30. The molecule has 0 aliphatic carbocycles. The standard InChI is InChI=1S/C27H24F2N2O5S/c28-26(29)25-23(24(31-36-25)19-8-2-1-3-9-19)18-12-14-20(15-13-18)37(34,35)17-7-6-16-30-27(33)21-10-4-5-11-22(21)32/h1-5,8-15,26,32H,6-7,16-17H2,(H,30,33). The fourth-order valence-corrected chi connectivity index (χ4v) is 5.22. The van der Waals surface area contributed by atoms with Crippen LogP contribution in [0, 0.1) is 0 Å². The molecule has 0 saturated carbocycles. The molecule has 2 N–H and O–H groups in total. The van der Waals surface area contributed by atoms with E-state index in [1.165, 1.54) is 36.4 Å². The van der Waals surface area contributed by atoms with Crippen LogP contribution in [0.1, 0.15) is 35.4 Å². The third-order valence-corrected chi connectivity index (χ3v) is 7.56. The van der Waals surface area contributed by atoms with Crippen LogP contribution in [-0.2, 0) is 9.84 Å². The number of benzene rings is 3. The molecule has 37 heavy (non-hydrogen) atoms. The molecule has 0 spiro atoms. The van der Waals surface area contributed by atoms with E-state index < -0.39 is 27.9 Å². The third-order valence-electron chi connectivity index (χ3n) is 5.74. The van der Waals surface area contributed by atoms with E-state index in [4.69, 9.17) is 4.52 Å². The molecular weight excluding hydrogens is 502 g/mol. The Labute approximate surface area is 212 Å². The predicted molar refractivity (Wildman–Crippen MR) is 134 cm³/mol. The molecule has 0 bridgehead atoms. The van der Waals surface area contributed by atoms with Crippen LogP contribution >= 0.6 is 0 Å². The van der Waals surface area contributed by atoms with Gasteiger partial charge in [0.15, 0.2) is 9.84 Å². The van der Waals surface area contributed by atoms with Gasteiger partial charge in [-0.2, -0.15) is 0 Å². The van der Waals surface area contributed by atoms with Crippen LogP contribution in [-0.4, -0.2) is 36.9 Å². The number of carbonyl (C=O) groups excluding carboxylic acids is 1. The van der Waals surface area contributed by atoms with Gasteiger partial charge >= 0.3 is 0 Å². The Morgan fingerprint density at radius 2 is 1.59 bits per heavy atom. The number of alkyl halides is 2. The summed E-state index contributed by atoms with van der Waals surface area (Å²) in [4.78, 5) is 12.2. The van der Waals surface area contributed by atoms with Crippen molar-refractivity contribution >= 4 is 15.7 Å². The molecule has 0 saturated heterocycles. The van der Waals surface area contributed by atoms with E-state index in [2.05, 4.69) is 10.5 Å². The first-order valence-electron chi connectivity index (χ1n) is 11.5. The lowest BCUT2D eigenvalue weighted by Crippen LogP contribution is -2.24. The van der Waals surface area contributed by atoms with Gasteiger partial charge in [-0.15, -0.1) is 0 Å². The highest BCUT2D eigenvalue weighted by molar-refractivity contribution is 7.91. The Kier molecular flexibility index (Phi) is 7.98. The summed E-state index contributed by atoms with van der Waals surface area (Å²) in [6.07, 6.45) is -2.19. The van der Waals surface area contributed by atoms with Gasteiger partial charge in [-0.3, -0.25) is 4.79 Å². The van der Waals surface area contributed by atoms with Crippen molar-refractivity contribution in [3.63, 3.8) is 0 Å². The smallest absolute Gasteiger partial charge is 0.298 e. The second-order valence-electron chi connectivity index (χ2n) is 8.26. The van der Waals surface area contributed by atoms with Gasteiger partial charge in [0.1, 0.15) is 11.4 Å². The van der Waals surface area contributed by atoms with E-state index in [0.717, 1.165) is 0 Å². The van der Waals surface area contributed by atoms with E-state index in [1.54, 1.807) is 42.5 Å². The lowest BCUT2D eigenvalue weighted by atomic mass is 9.99. The van der Waals surface area contributed by atoms with Crippen LogP contribution in [0.25, 0.3) is 22.4 Å². The number of phenolic OH excluding ortho intramolecular Hbond substituents is 1. The van der Waals surface area contributed by atoms with Crippen molar-refractivity contribution in [3.05, 3.63) is 90.2 Å².